The Bertz CT molecular complexity index is 2080. The van der Waals surface area contributed by atoms with Gasteiger partial charge >= 0.3 is 5.69 Å². The molecule has 0 radical (unpaired) electrons. The van der Waals surface area contributed by atoms with Crippen LogP contribution in [-0.2, 0) is 12.8 Å². The monoisotopic (exact) mass is 699 g/mol. The molecular weight excluding hydrogens is 662 g/mol. The van der Waals surface area contributed by atoms with Gasteiger partial charge in [0.05, 0.1) is 26.2 Å². The van der Waals surface area contributed by atoms with Gasteiger partial charge in [0.25, 0.3) is 0 Å². The smallest absolute Gasteiger partial charge is 0.306 e. The summed E-state index contributed by atoms with van der Waals surface area (Å²) >= 11 is 0. The van der Waals surface area contributed by atoms with Gasteiger partial charge in [-0.3, -0.25) is 5.21 Å². The molecule has 262 valence electrons. The van der Waals surface area contributed by atoms with Crippen LogP contribution < -0.4 is 24.7 Å². The van der Waals surface area contributed by atoms with Crippen molar-refractivity contribution in [3.63, 3.8) is 0 Å². The summed E-state index contributed by atoms with van der Waals surface area (Å²) in [5.74, 6) is 0.407. The number of nitrogens with zero attached hydrogens (tertiary/aromatic N) is 2. The second-order valence-electron chi connectivity index (χ2n) is 11.3. The molecule has 11 nitrogen and oxygen atoms in total. The minimum Gasteiger partial charge on any atom is -0.494 e. The van der Waals surface area contributed by atoms with Crippen LogP contribution in [0.5, 0.6) is 11.5 Å². The normalized spacial score (nSPS) is 10.9. The van der Waals surface area contributed by atoms with Crippen molar-refractivity contribution in [2.75, 3.05) is 14.2 Å². The van der Waals surface area contributed by atoms with Gasteiger partial charge in [-0.25, -0.2) is 13.8 Å². The Balaban J connectivity index is 0.000000198. The molecule has 0 aliphatic rings. The van der Waals surface area contributed by atoms with Crippen LogP contribution in [0.3, 0.4) is 0 Å². The Morgan fingerprint density at radius 1 is 0.608 bits per heavy atom. The maximum atomic E-state index is 13.1. The Morgan fingerprint density at radius 3 is 1.67 bits per heavy atom. The first-order chi connectivity index (χ1) is 24.6. The Hall–Kier alpha value is -5.80. The first-order valence-corrected chi connectivity index (χ1v) is 15.6. The van der Waals surface area contributed by atoms with E-state index >= 15 is 0 Å². The number of pyridine rings is 2. The second-order valence-corrected chi connectivity index (χ2v) is 11.3. The molecule has 6 rings (SSSR count). The van der Waals surface area contributed by atoms with E-state index in [-0.39, 0.29) is 17.3 Å². The highest BCUT2D eigenvalue weighted by molar-refractivity contribution is 5.69. The first-order valence-electron chi connectivity index (χ1n) is 15.6. The molecule has 0 unspecified atom stereocenters. The molecule has 2 aromatic heterocycles. The molecule has 51 heavy (non-hydrogen) atoms. The van der Waals surface area contributed by atoms with Crippen molar-refractivity contribution < 1.29 is 59.5 Å². The third-order valence-corrected chi connectivity index (χ3v) is 7.89. The van der Waals surface area contributed by atoms with E-state index in [0.29, 0.717) is 58.2 Å². The molecule has 0 atom stereocenters. The molecule has 0 fully saturated rings. The summed E-state index contributed by atoms with van der Waals surface area (Å²) in [6.45, 7) is 0. The Labute approximate surface area is 292 Å². The number of ether oxygens (including phenoxy) is 2. The highest BCUT2D eigenvalue weighted by atomic mass is 19.1. The van der Waals surface area contributed by atoms with Gasteiger partial charge in [-0.1, -0.05) is 42.5 Å². The topological polar surface area (TPSA) is 145 Å². The van der Waals surface area contributed by atoms with Crippen molar-refractivity contribution >= 4 is 11.4 Å². The van der Waals surface area contributed by atoms with Crippen LogP contribution in [-0.4, -0.2) is 45.2 Å². The average Bonchev–Trinajstić information content (AvgIpc) is 3.14. The largest absolute Gasteiger partial charge is 0.494 e. The maximum absolute atomic E-state index is 13.1. The van der Waals surface area contributed by atoms with Gasteiger partial charge in [-0.05, 0) is 70.1 Å². The van der Waals surface area contributed by atoms with Gasteiger partial charge in [-0.2, -0.15) is 20.8 Å². The SMILES string of the molecule is COc1ccc(Cc2ccc(F)cc2)[n+](O)c1-c1cccc([NH+](O)O)c1.COc1ccc(Cc2ccc(F)cc2)nc1-c1cccc([NH+](O)O)c1. The highest BCUT2D eigenvalue weighted by Gasteiger charge is 2.26. The number of methoxy groups -OCH3 is 2. The average molecular weight is 700 g/mol. The molecule has 0 amide bonds. The van der Waals surface area contributed by atoms with Crippen LogP contribution in [0.1, 0.15) is 22.5 Å². The highest BCUT2D eigenvalue weighted by Crippen LogP contribution is 2.30. The number of aromatic nitrogens is 2. The van der Waals surface area contributed by atoms with E-state index in [1.54, 1.807) is 73.8 Å². The fraction of sp³-hybridized carbons (Fsp3) is 0.105. The number of halogens is 2. The molecule has 0 bridgehead atoms. The summed E-state index contributed by atoms with van der Waals surface area (Å²) in [5, 5.41) is 46.3. The van der Waals surface area contributed by atoms with E-state index in [1.807, 2.05) is 18.2 Å². The molecule has 0 aliphatic heterocycles. The number of hydrogen-bond donors (Lipinski definition) is 7. The van der Waals surface area contributed by atoms with Gasteiger partial charge in [0, 0.05) is 52.7 Å². The summed E-state index contributed by atoms with van der Waals surface area (Å²) in [6.07, 6.45) is 0.930. The molecule has 2 heterocycles. The van der Waals surface area contributed by atoms with Crippen molar-refractivity contribution in [2.24, 2.45) is 0 Å². The summed E-state index contributed by atoms with van der Waals surface area (Å²) in [7, 11) is 3.04. The standard InChI is InChI=1S/C19H18FN2O4.C19H17FN2O3/c1-26-18-10-9-16(11-13-5-7-15(20)8-6-13)21(23)19(18)14-3-2-4-17(12-14)22(24)25;1-25-18-10-9-16(11-13-5-7-15(20)8-6-13)21-19(18)14-3-2-4-17(12-14)22(23)24/h2-10,12,23-25H,11H2,1H3;2-10,12,23-24H,11H2,1H3/q+1;/p+2. The number of quaternary nitrogens is 2. The summed E-state index contributed by atoms with van der Waals surface area (Å²) in [4.78, 5) is 4.64. The summed E-state index contributed by atoms with van der Waals surface area (Å²) in [6, 6.07) is 32.6. The molecule has 4 aromatic carbocycles. The lowest BCUT2D eigenvalue weighted by Crippen LogP contribution is -3.01. The fourth-order valence-corrected chi connectivity index (χ4v) is 5.32. The van der Waals surface area contributed by atoms with Crippen LogP contribution in [0.15, 0.2) is 121 Å². The first kappa shape index (κ1) is 36.5. The summed E-state index contributed by atoms with van der Waals surface area (Å²) in [5.41, 5.74) is 5.87. The van der Waals surface area contributed by atoms with Crippen molar-refractivity contribution in [1.82, 2.24) is 4.98 Å². The van der Waals surface area contributed by atoms with Gasteiger partial charge in [0.1, 0.15) is 23.1 Å². The van der Waals surface area contributed by atoms with Gasteiger partial charge in [0.15, 0.2) is 17.1 Å². The van der Waals surface area contributed by atoms with E-state index in [2.05, 4.69) is 4.98 Å². The van der Waals surface area contributed by atoms with Crippen LogP contribution in [0.25, 0.3) is 22.5 Å². The molecule has 0 spiro atoms. The van der Waals surface area contributed by atoms with Gasteiger partial charge in [0.2, 0.25) is 5.69 Å². The minimum atomic E-state index is -0.808. The van der Waals surface area contributed by atoms with E-state index in [1.165, 1.54) is 43.5 Å². The number of hydrogen-bond acceptors (Lipinski definition) is 8. The van der Waals surface area contributed by atoms with E-state index in [0.717, 1.165) is 21.6 Å². The number of nitrogens with one attached hydrogen (secondary N) is 2. The molecule has 6 aromatic rings. The lowest BCUT2D eigenvalue weighted by atomic mass is 10.1. The van der Waals surface area contributed by atoms with Crippen molar-refractivity contribution in [3.05, 3.63) is 155 Å². The van der Waals surface area contributed by atoms with Gasteiger partial charge in [-0.15, -0.1) is 0 Å². The third-order valence-electron chi connectivity index (χ3n) is 7.89. The van der Waals surface area contributed by atoms with Crippen molar-refractivity contribution in [3.8, 4) is 34.0 Å². The van der Waals surface area contributed by atoms with E-state index < -0.39 is 10.5 Å². The van der Waals surface area contributed by atoms with Crippen molar-refractivity contribution in [2.45, 2.75) is 12.8 Å². The third kappa shape index (κ3) is 9.26. The van der Waals surface area contributed by atoms with Gasteiger partial charge < -0.3 is 9.47 Å². The molecular formula is C38H37F2N4O7+3. The van der Waals surface area contributed by atoms with Crippen molar-refractivity contribution in [1.29, 1.82) is 0 Å². The number of benzene rings is 4. The van der Waals surface area contributed by atoms with Crippen LogP contribution in [0.2, 0.25) is 0 Å². The maximum Gasteiger partial charge on any atom is 0.306 e. The van der Waals surface area contributed by atoms with E-state index in [9.17, 15) is 34.8 Å². The zero-order chi connectivity index (χ0) is 36.5. The quantitative estimate of drug-likeness (QED) is 0.0620. The lowest BCUT2D eigenvalue weighted by Gasteiger charge is -2.11. The van der Waals surface area contributed by atoms with Crippen LogP contribution in [0.4, 0.5) is 20.2 Å². The molecule has 7 N–H and O–H groups in total. The molecule has 0 saturated carbocycles. The zero-order valence-electron chi connectivity index (χ0n) is 27.7. The molecule has 0 saturated heterocycles. The summed E-state index contributed by atoms with van der Waals surface area (Å²) < 4.78 is 37.8. The molecule has 13 heteroatoms. The zero-order valence-corrected chi connectivity index (χ0v) is 27.7. The van der Waals surface area contributed by atoms with Crippen LogP contribution in [0, 0.1) is 11.6 Å². The lowest BCUT2D eigenvalue weighted by molar-refractivity contribution is -1.19. The van der Waals surface area contributed by atoms with E-state index in [4.69, 9.17) is 9.47 Å². The molecule has 0 aliphatic carbocycles. The second kappa shape index (κ2) is 16.7. The Kier molecular flexibility index (Phi) is 12.0. The number of rotatable bonds is 10. The van der Waals surface area contributed by atoms with Crippen LogP contribution >= 0.6 is 0 Å². The predicted octanol–water partition coefficient (Wildman–Crippen LogP) is 4.69. The Morgan fingerprint density at radius 2 is 1.12 bits per heavy atom. The predicted molar refractivity (Wildman–Crippen MR) is 179 cm³/mol. The minimum absolute atomic E-state index is 0.216. The fourth-order valence-electron chi connectivity index (χ4n) is 5.32.